The maximum absolute atomic E-state index is 12.5. The molecule has 2 aromatic rings. The van der Waals surface area contributed by atoms with Crippen LogP contribution in [0, 0.1) is 0 Å². The molecule has 0 fully saturated rings. The summed E-state index contributed by atoms with van der Waals surface area (Å²) in [6.45, 7) is 4.90. The molecule has 112 valence electrons. The number of rotatable bonds is 6. The molecule has 0 aromatic heterocycles. The number of benzene rings is 2. The molecule has 0 amide bonds. The van der Waals surface area contributed by atoms with Crippen LogP contribution in [0.25, 0.3) is 11.1 Å². The zero-order valence-electron chi connectivity index (χ0n) is 12.5. The molecule has 0 heterocycles. The van der Waals surface area contributed by atoms with Gasteiger partial charge in [-0.2, -0.15) is 4.31 Å². The van der Waals surface area contributed by atoms with Gasteiger partial charge in [0.15, 0.2) is 0 Å². The molecule has 21 heavy (non-hydrogen) atoms. The summed E-state index contributed by atoms with van der Waals surface area (Å²) in [5, 5.41) is 0. The summed E-state index contributed by atoms with van der Waals surface area (Å²) in [6.07, 6.45) is 0.815. The van der Waals surface area contributed by atoms with Gasteiger partial charge < -0.3 is 0 Å². The molecule has 0 atom stereocenters. The Labute approximate surface area is 127 Å². The summed E-state index contributed by atoms with van der Waals surface area (Å²) in [5.41, 5.74) is 2.11. The lowest BCUT2D eigenvalue weighted by atomic mass is 10.1. The molecule has 0 aliphatic rings. The van der Waals surface area contributed by atoms with Crippen molar-refractivity contribution in [1.29, 1.82) is 0 Å². The van der Waals surface area contributed by atoms with Crippen molar-refractivity contribution in [2.75, 3.05) is 13.1 Å². The first-order valence-electron chi connectivity index (χ1n) is 7.25. The van der Waals surface area contributed by atoms with Crippen LogP contribution in [-0.4, -0.2) is 25.8 Å². The molecule has 0 saturated carbocycles. The van der Waals surface area contributed by atoms with Gasteiger partial charge in [0.2, 0.25) is 10.0 Å². The van der Waals surface area contributed by atoms with Crippen molar-refractivity contribution in [2.24, 2.45) is 0 Å². The van der Waals surface area contributed by atoms with E-state index in [9.17, 15) is 8.42 Å². The van der Waals surface area contributed by atoms with E-state index in [0.29, 0.717) is 18.0 Å². The van der Waals surface area contributed by atoms with Gasteiger partial charge in [-0.15, -0.1) is 0 Å². The Kier molecular flexibility index (Phi) is 5.15. The first-order chi connectivity index (χ1) is 10.1. The van der Waals surface area contributed by atoms with Gasteiger partial charge in [-0.1, -0.05) is 56.3 Å². The van der Waals surface area contributed by atoms with Crippen LogP contribution < -0.4 is 0 Å². The summed E-state index contributed by atoms with van der Waals surface area (Å²) in [5.74, 6) is 0. The smallest absolute Gasteiger partial charge is 0.207 e. The summed E-state index contributed by atoms with van der Waals surface area (Å²) >= 11 is 0. The number of hydrogen-bond donors (Lipinski definition) is 0. The molecule has 2 rings (SSSR count). The van der Waals surface area contributed by atoms with Crippen LogP contribution in [0.1, 0.15) is 20.3 Å². The molecule has 4 heteroatoms. The van der Waals surface area contributed by atoms with Crippen molar-refractivity contribution >= 4 is 10.0 Å². The van der Waals surface area contributed by atoms with Gasteiger partial charge in [0.25, 0.3) is 0 Å². The fourth-order valence-corrected chi connectivity index (χ4v) is 3.84. The van der Waals surface area contributed by atoms with Gasteiger partial charge in [-0.05, 0) is 29.7 Å². The average molecular weight is 303 g/mol. The van der Waals surface area contributed by atoms with Crippen molar-refractivity contribution < 1.29 is 8.42 Å². The van der Waals surface area contributed by atoms with E-state index < -0.39 is 10.0 Å². The monoisotopic (exact) mass is 303 g/mol. The third kappa shape index (κ3) is 3.52. The maximum Gasteiger partial charge on any atom is 0.243 e. The lowest BCUT2D eigenvalue weighted by molar-refractivity contribution is 0.427. The van der Waals surface area contributed by atoms with Crippen LogP contribution in [0.15, 0.2) is 59.5 Å². The highest BCUT2D eigenvalue weighted by atomic mass is 32.2. The lowest BCUT2D eigenvalue weighted by Crippen LogP contribution is -2.31. The highest BCUT2D eigenvalue weighted by Crippen LogP contribution is 2.22. The molecule has 0 aliphatic carbocycles. The molecular weight excluding hydrogens is 282 g/mol. The van der Waals surface area contributed by atoms with E-state index in [0.717, 1.165) is 17.5 Å². The predicted octanol–water partition coefficient (Wildman–Crippen LogP) is 3.77. The first-order valence-corrected chi connectivity index (χ1v) is 8.69. The van der Waals surface area contributed by atoms with E-state index in [1.807, 2.05) is 56.3 Å². The minimum Gasteiger partial charge on any atom is -0.207 e. The molecule has 0 saturated heterocycles. The van der Waals surface area contributed by atoms with Gasteiger partial charge in [0.05, 0.1) is 4.90 Å². The summed E-state index contributed by atoms with van der Waals surface area (Å²) in [7, 11) is -3.38. The zero-order chi connectivity index (χ0) is 15.3. The van der Waals surface area contributed by atoms with Crippen LogP contribution in [0.5, 0.6) is 0 Å². The maximum atomic E-state index is 12.5. The fourth-order valence-electron chi connectivity index (χ4n) is 2.30. The Balaban J connectivity index is 2.30. The quantitative estimate of drug-likeness (QED) is 0.814. The molecular formula is C17H21NO2S. The van der Waals surface area contributed by atoms with Gasteiger partial charge in [-0.3, -0.25) is 0 Å². The number of nitrogens with zero attached hydrogens (tertiary/aromatic N) is 1. The standard InChI is InChI=1S/C17H21NO2S/c1-3-14-18(4-2)21(19,20)17-12-10-16(11-13-17)15-8-6-5-7-9-15/h5-13H,3-4,14H2,1-2H3. The van der Waals surface area contributed by atoms with E-state index in [4.69, 9.17) is 0 Å². The Hall–Kier alpha value is -1.65. The Morgan fingerprint density at radius 3 is 1.95 bits per heavy atom. The van der Waals surface area contributed by atoms with Gasteiger partial charge in [0.1, 0.15) is 0 Å². The predicted molar refractivity (Wildman–Crippen MR) is 86.6 cm³/mol. The zero-order valence-corrected chi connectivity index (χ0v) is 13.3. The van der Waals surface area contributed by atoms with Gasteiger partial charge in [0, 0.05) is 13.1 Å². The number of sulfonamides is 1. The highest BCUT2D eigenvalue weighted by molar-refractivity contribution is 7.89. The van der Waals surface area contributed by atoms with Gasteiger partial charge >= 0.3 is 0 Å². The van der Waals surface area contributed by atoms with Crippen LogP contribution in [0.2, 0.25) is 0 Å². The molecule has 0 N–H and O–H groups in total. The Morgan fingerprint density at radius 2 is 1.43 bits per heavy atom. The Bertz CT molecular complexity index is 664. The number of hydrogen-bond acceptors (Lipinski definition) is 2. The van der Waals surface area contributed by atoms with Crippen molar-refractivity contribution in [3.05, 3.63) is 54.6 Å². The molecule has 0 radical (unpaired) electrons. The summed E-state index contributed by atoms with van der Waals surface area (Å²) < 4.78 is 26.6. The molecule has 0 unspecified atom stereocenters. The largest absolute Gasteiger partial charge is 0.243 e. The Morgan fingerprint density at radius 1 is 0.857 bits per heavy atom. The van der Waals surface area contributed by atoms with E-state index in [2.05, 4.69) is 0 Å². The fraction of sp³-hybridized carbons (Fsp3) is 0.294. The lowest BCUT2D eigenvalue weighted by Gasteiger charge is -2.19. The summed E-state index contributed by atoms with van der Waals surface area (Å²) in [4.78, 5) is 0.359. The third-order valence-corrected chi connectivity index (χ3v) is 5.41. The van der Waals surface area contributed by atoms with Crippen molar-refractivity contribution in [1.82, 2.24) is 4.31 Å². The van der Waals surface area contributed by atoms with Crippen molar-refractivity contribution in [3.8, 4) is 11.1 Å². The normalized spacial score (nSPS) is 11.8. The van der Waals surface area contributed by atoms with Crippen molar-refractivity contribution in [3.63, 3.8) is 0 Å². The third-order valence-electron chi connectivity index (χ3n) is 3.42. The van der Waals surface area contributed by atoms with E-state index in [-0.39, 0.29) is 0 Å². The second-order valence-electron chi connectivity index (χ2n) is 4.89. The van der Waals surface area contributed by atoms with Crippen molar-refractivity contribution in [2.45, 2.75) is 25.2 Å². The molecule has 0 aliphatic heterocycles. The molecule has 0 bridgehead atoms. The van der Waals surface area contributed by atoms with E-state index in [1.54, 1.807) is 12.1 Å². The average Bonchev–Trinajstić information content (AvgIpc) is 2.53. The minimum atomic E-state index is -3.38. The SMILES string of the molecule is CCCN(CC)S(=O)(=O)c1ccc(-c2ccccc2)cc1. The van der Waals surface area contributed by atoms with E-state index >= 15 is 0 Å². The van der Waals surface area contributed by atoms with E-state index in [1.165, 1.54) is 4.31 Å². The van der Waals surface area contributed by atoms with Gasteiger partial charge in [-0.25, -0.2) is 8.42 Å². The minimum absolute atomic E-state index is 0.359. The topological polar surface area (TPSA) is 37.4 Å². The second kappa shape index (κ2) is 6.87. The van der Waals surface area contributed by atoms with Crippen LogP contribution >= 0.6 is 0 Å². The first kappa shape index (κ1) is 15.7. The highest BCUT2D eigenvalue weighted by Gasteiger charge is 2.21. The molecule has 0 spiro atoms. The van der Waals surface area contributed by atoms with Crippen LogP contribution in [-0.2, 0) is 10.0 Å². The molecule has 3 nitrogen and oxygen atoms in total. The van der Waals surface area contributed by atoms with Crippen LogP contribution in [0.3, 0.4) is 0 Å². The second-order valence-corrected chi connectivity index (χ2v) is 6.83. The summed E-state index contributed by atoms with van der Waals surface area (Å²) in [6, 6.07) is 17.0. The molecule has 2 aromatic carbocycles. The van der Waals surface area contributed by atoms with Crippen LogP contribution in [0.4, 0.5) is 0 Å².